The molecule has 3 saturated carbocycles. The third-order valence-electron chi connectivity index (χ3n) is 15.3. The highest BCUT2D eigenvalue weighted by Crippen LogP contribution is 2.70. The third-order valence-corrected chi connectivity index (χ3v) is 15.3. The number of aliphatic hydroxyl groups excluding tert-OH is 7. The lowest BCUT2D eigenvalue weighted by Crippen LogP contribution is -2.64. The van der Waals surface area contributed by atoms with Crippen LogP contribution in [0.25, 0.3) is 0 Å². The summed E-state index contributed by atoms with van der Waals surface area (Å²) in [7, 11) is 0. The Morgan fingerprint density at radius 3 is 2.35 bits per heavy atom. The van der Waals surface area contributed by atoms with Crippen LogP contribution in [0.2, 0.25) is 0 Å². The topological polar surface area (TPSA) is 208 Å². The lowest BCUT2D eigenvalue weighted by atomic mass is 9.47. The van der Waals surface area contributed by atoms with Crippen LogP contribution in [0.1, 0.15) is 92.4 Å². The number of hydrogen-bond donors (Lipinski definition) is 8. The van der Waals surface area contributed by atoms with Crippen LogP contribution >= 0.6 is 0 Å². The van der Waals surface area contributed by atoms with Gasteiger partial charge in [-0.05, 0) is 98.7 Å². The molecule has 0 aromatic carbocycles. The van der Waals surface area contributed by atoms with Crippen molar-refractivity contribution in [3.05, 3.63) is 11.6 Å². The van der Waals surface area contributed by atoms with Gasteiger partial charge in [0.25, 0.3) is 0 Å². The molecule has 0 amide bonds. The molecule has 3 heterocycles. The number of allylic oxidation sites excluding steroid dienone is 1. The van der Waals surface area contributed by atoms with E-state index in [-0.39, 0.29) is 41.5 Å². The molecule has 7 aliphatic rings. The Kier molecular flexibility index (Phi) is 11.1. The Hall–Kier alpha value is -0.780. The predicted molar refractivity (Wildman–Crippen MR) is 185 cm³/mol. The smallest absolute Gasteiger partial charge is 0.187 e. The molecular weight excluding hydrogens is 676 g/mol. The monoisotopic (exact) mass is 740 g/mol. The van der Waals surface area contributed by atoms with Crippen molar-refractivity contribution >= 4 is 0 Å². The van der Waals surface area contributed by atoms with E-state index in [0.29, 0.717) is 36.5 Å². The van der Waals surface area contributed by atoms with Gasteiger partial charge in [-0.3, -0.25) is 0 Å². The van der Waals surface area contributed by atoms with Gasteiger partial charge < -0.3 is 64.5 Å². The van der Waals surface area contributed by atoms with Crippen LogP contribution < -0.4 is 0 Å². The summed E-state index contributed by atoms with van der Waals surface area (Å²) in [5, 5.41) is 84.0. The molecule has 21 atom stereocenters. The van der Waals surface area contributed by atoms with E-state index >= 15 is 0 Å². The zero-order valence-electron chi connectivity index (χ0n) is 31.4. The zero-order chi connectivity index (χ0) is 37.5. The number of fused-ring (bicyclic) bond motifs is 7. The van der Waals surface area contributed by atoms with E-state index in [4.69, 9.17) is 23.7 Å². The summed E-state index contributed by atoms with van der Waals surface area (Å²) in [5.41, 5.74) is 1.44. The maximum absolute atomic E-state index is 11.7. The van der Waals surface area contributed by atoms with Crippen LogP contribution in [0, 0.1) is 46.3 Å². The first-order chi connectivity index (χ1) is 24.6. The van der Waals surface area contributed by atoms with Crippen molar-refractivity contribution < 1.29 is 64.5 Å². The maximum Gasteiger partial charge on any atom is 0.187 e. The first-order valence-corrected chi connectivity index (χ1v) is 19.9. The van der Waals surface area contributed by atoms with Crippen LogP contribution in [-0.2, 0) is 23.7 Å². The summed E-state index contributed by atoms with van der Waals surface area (Å²) in [4.78, 5) is 0. The summed E-state index contributed by atoms with van der Waals surface area (Å²) < 4.78 is 30.6. The SMILES string of the molecule is CC1O[C@@H](OC2[C@H](OC3CC[C@@]4(C)C(=CC[C@H]5[C@@H]6CC7OC(O)(CC[C@@H](C)CO)[C@@H](C)[C@@H]7[C@@]6(C)CC[C@@H]54)C3)OC(CO)[C@@H](O)[C@@H]2O)C(O)[C@@H](O)[C@H]1O. The summed E-state index contributed by atoms with van der Waals surface area (Å²) in [6.45, 7) is 10.1. The zero-order valence-corrected chi connectivity index (χ0v) is 31.4. The minimum absolute atomic E-state index is 0.00469. The van der Waals surface area contributed by atoms with E-state index in [1.165, 1.54) is 12.5 Å². The number of ether oxygens (including phenoxy) is 5. The average Bonchev–Trinajstić information content (AvgIpc) is 3.56. The highest BCUT2D eigenvalue weighted by atomic mass is 16.8. The van der Waals surface area contributed by atoms with Gasteiger partial charge in [0.05, 0.1) is 24.9 Å². The molecular formula is C39H64O13. The Balaban J connectivity index is 1.04. The highest BCUT2D eigenvalue weighted by Gasteiger charge is 2.68. The first-order valence-electron chi connectivity index (χ1n) is 19.9. The Bertz CT molecular complexity index is 1300. The molecule has 0 aromatic rings. The molecule has 13 heteroatoms. The summed E-state index contributed by atoms with van der Waals surface area (Å²) in [6, 6.07) is 0. The van der Waals surface area contributed by atoms with E-state index in [1.54, 1.807) is 0 Å². The second-order valence-corrected chi connectivity index (χ2v) is 18.2. The van der Waals surface area contributed by atoms with E-state index in [9.17, 15) is 40.9 Å². The Morgan fingerprint density at radius 1 is 0.885 bits per heavy atom. The van der Waals surface area contributed by atoms with Gasteiger partial charge in [-0.15, -0.1) is 0 Å². The molecule has 0 bridgehead atoms. The minimum Gasteiger partial charge on any atom is -0.396 e. The number of hydrogen-bond acceptors (Lipinski definition) is 13. The normalized spacial score (nSPS) is 55.2. The van der Waals surface area contributed by atoms with Crippen LogP contribution in [-0.4, -0.2) is 133 Å². The molecule has 0 radical (unpaired) electrons. The molecule has 52 heavy (non-hydrogen) atoms. The van der Waals surface area contributed by atoms with Gasteiger partial charge in [-0.25, -0.2) is 0 Å². The van der Waals surface area contributed by atoms with Crippen LogP contribution in [0.4, 0.5) is 0 Å². The quantitative estimate of drug-likeness (QED) is 0.157. The van der Waals surface area contributed by atoms with Gasteiger partial charge in [-0.1, -0.05) is 39.3 Å². The number of rotatable bonds is 9. The maximum atomic E-state index is 11.7. The van der Waals surface area contributed by atoms with Gasteiger partial charge in [0.2, 0.25) is 0 Å². The van der Waals surface area contributed by atoms with Crippen LogP contribution in [0.15, 0.2) is 11.6 Å². The van der Waals surface area contributed by atoms with Gasteiger partial charge in [0.15, 0.2) is 18.4 Å². The van der Waals surface area contributed by atoms with E-state index in [0.717, 1.165) is 44.9 Å². The molecule has 0 aromatic heterocycles. The Labute approximate surface area is 307 Å². The van der Waals surface area contributed by atoms with Gasteiger partial charge in [-0.2, -0.15) is 0 Å². The molecule has 7 rings (SSSR count). The predicted octanol–water partition coefficient (Wildman–Crippen LogP) is 1.34. The molecule has 13 nitrogen and oxygen atoms in total. The van der Waals surface area contributed by atoms with Gasteiger partial charge in [0, 0.05) is 18.9 Å². The second kappa shape index (κ2) is 14.6. The van der Waals surface area contributed by atoms with E-state index in [1.807, 2.05) is 6.92 Å². The standard InChI is InChI=1S/C39H64O13/c1-18(16-40)8-13-39(47)19(2)28-26(52-39)15-25-23-7-6-21-14-22(9-11-37(21,4)24(23)10-12-38(25,28)5)49-36-34(32(45)30(43)27(17-41)50-36)51-35-33(46)31(44)29(42)20(3)48-35/h6,18-20,22-36,40-47H,7-17H2,1-5H3/t18-,19+,20?,22?,23-,24+,25+,26?,27?,28+,29+,30-,31+,32+,33?,34?,35+,36-,37+,38+,39?/m1/s1. The Morgan fingerprint density at radius 2 is 1.63 bits per heavy atom. The van der Waals surface area contributed by atoms with Crippen molar-refractivity contribution in [1.29, 1.82) is 0 Å². The average molecular weight is 741 g/mol. The van der Waals surface area contributed by atoms with Crippen LogP contribution in [0.3, 0.4) is 0 Å². The fourth-order valence-corrected chi connectivity index (χ4v) is 12.0. The third kappa shape index (κ3) is 6.45. The molecule has 298 valence electrons. The molecule has 8 N–H and O–H groups in total. The van der Waals surface area contributed by atoms with Crippen molar-refractivity contribution in [2.24, 2.45) is 46.3 Å². The summed E-state index contributed by atoms with van der Waals surface area (Å²) >= 11 is 0. The fraction of sp³-hybridized carbons (Fsp3) is 0.949. The van der Waals surface area contributed by atoms with Crippen molar-refractivity contribution in [3.63, 3.8) is 0 Å². The highest BCUT2D eigenvalue weighted by molar-refractivity contribution is 5.26. The largest absolute Gasteiger partial charge is 0.396 e. The minimum atomic E-state index is -1.62. The molecule has 3 aliphatic heterocycles. The first kappa shape index (κ1) is 39.5. The van der Waals surface area contributed by atoms with E-state index < -0.39 is 73.8 Å². The second-order valence-electron chi connectivity index (χ2n) is 18.2. The molecule has 3 saturated heterocycles. The lowest BCUT2D eigenvalue weighted by Gasteiger charge is -2.58. The molecule has 6 fully saturated rings. The van der Waals surface area contributed by atoms with Crippen LogP contribution in [0.5, 0.6) is 0 Å². The number of aliphatic hydroxyl groups is 8. The van der Waals surface area contributed by atoms with Gasteiger partial charge in [0.1, 0.15) is 42.7 Å². The summed E-state index contributed by atoms with van der Waals surface area (Å²) in [6.07, 6.45) is -3.65. The van der Waals surface area contributed by atoms with Crippen molar-refractivity contribution in [1.82, 2.24) is 0 Å². The fourth-order valence-electron chi connectivity index (χ4n) is 12.0. The molecule has 4 aliphatic carbocycles. The van der Waals surface area contributed by atoms with Gasteiger partial charge >= 0.3 is 0 Å². The lowest BCUT2D eigenvalue weighted by molar-refractivity contribution is -0.369. The summed E-state index contributed by atoms with van der Waals surface area (Å²) in [5.74, 6) is 0.853. The van der Waals surface area contributed by atoms with Crippen molar-refractivity contribution in [2.75, 3.05) is 13.2 Å². The van der Waals surface area contributed by atoms with E-state index in [2.05, 4.69) is 26.8 Å². The molecule has 0 spiro atoms. The van der Waals surface area contributed by atoms with Crippen molar-refractivity contribution in [2.45, 2.75) is 172 Å². The van der Waals surface area contributed by atoms with Crippen molar-refractivity contribution in [3.8, 4) is 0 Å². The molecule has 7 unspecified atom stereocenters.